The normalized spacial score (nSPS) is 11.5. The molecule has 1 unspecified atom stereocenters. The van der Waals surface area contributed by atoms with Crippen LogP contribution >= 0.6 is 11.6 Å². The number of ether oxygens (including phenoxy) is 1. The number of hydrogen-bond donors (Lipinski definition) is 2. The Morgan fingerprint density at radius 3 is 1.97 bits per heavy atom. The van der Waals surface area contributed by atoms with Crippen LogP contribution < -0.4 is 10.1 Å². The maximum atomic E-state index is 12.7. The summed E-state index contributed by atoms with van der Waals surface area (Å²) in [6.45, 7) is 0.446. The van der Waals surface area contributed by atoms with Gasteiger partial charge in [-0.15, -0.1) is 0 Å². The highest BCUT2D eigenvalue weighted by Gasteiger charge is 2.21. The summed E-state index contributed by atoms with van der Waals surface area (Å²) in [6.07, 6.45) is 0.215. The first-order valence-corrected chi connectivity index (χ1v) is 11.5. The average molecular weight is 486 g/mol. The minimum atomic E-state index is -1.07. The maximum absolute atomic E-state index is 12.7. The van der Waals surface area contributed by atoms with Crippen molar-refractivity contribution in [3.05, 3.63) is 125 Å². The first-order chi connectivity index (χ1) is 17.0. The van der Waals surface area contributed by atoms with Gasteiger partial charge in [-0.2, -0.15) is 0 Å². The Balaban J connectivity index is 1.36. The van der Waals surface area contributed by atoms with Gasteiger partial charge < -0.3 is 15.2 Å². The van der Waals surface area contributed by atoms with Crippen molar-refractivity contribution in [3.8, 4) is 16.9 Å². The SMILES string of the molecule is O=C(NC(Cc1ccccc1)C(=O)O)c1ccc(-c2ccc(OCc3ccc(Cl)cc3)cc2)cc1. The van der Waals surface area contributed by atoms with Gasteiger partial charge in [-0.3, -0.25) is 4.79 Å². The maximum Gasteiger partial charge on any atom is 0.326 e. The zero-order valence-corrected chi connectivity index (χ0v) is 19.6. The second kappa shape index (κ2) is 11.4. The summed E-state index contributed by atoms with van der Waals surface area (Å²) in [5, 5.41) is 12.8. The highest BCUT2D eigenvalue weighted by atomic mass is 35.5. The van der Waals surface area contributed by atoms with E-state index in [1.807, 2.05) is 91.0 Å². The fraction of sp³-hybridized carbons (Fsp3) is 0.103. The number of amides is 1. The van der Waals surface area contributed by atoms with Gasteiger partial charge in [-0.1, -0.05) is 78.3 Å². The van der Waals surface area contributed by atoms with Crippen LogP contribution in [0.1, 0.15) is 21.5 Å². The average Bonchev–Trinajstić information content (AvgIpc) is 2.89. The molecule has 4 rings (SSSR count). The number of carboxylic acids is 1. The minimum absolute atomic E-state index is 0.215. The summed E-state index contributed by atoms with van der Waals surface area (Å²) in [4.78, 5) is 24.3. The number of aliphatic carboxylic acids is 1. The molecular formula is C29H24ClNO4. The van der Waals surface area contributed by atoms with E-state index in [0.717, 1.165) is 28.0 Å². The molecule has 0 saturated carbocycles. The van der Waals surface area contributed by atoms with Crippen LogP contribution in [-0.2, 0) is 17.8 Å². The van der Waals surface area contributed by atoms with Gasteiger partial charge in [0.05, 0.1) is 0 Å². The predicted molar refractivity (Wildman–Crippen MR) is 137 cm³/mol. The summed E-state index contributed by atoms with van der Waals surface area (Å²) in [6, 6.07) is 30.5. The van der Waals surface area contributed by atoms with E-state index >= 15 is 0 Å². The number of benzene rings is 4. The van der Waals surface area contributed by atoms with Crippen molar-refractivity contribution >= 4 is 23.5 Å². The van der Waals surface area contributed by atoms with Crippen molar-refractivity contribution in [1.82, 2.24) is 5.32 Å². The second-order valence-corrected chi connectivity index (χ2v) is 8.51. The Kier molecular flexibility index (Phi) is 7.81. The predicted octanol–water partition coefficient (Wildman–Crippen LogP) is 6.01. The Hall–Kier alpha value is -4.09. The third-order valence-electron chi connectivity index (χ3n) is 5.54. The molecule has 0 spiro atoms. The van der Waals surface area contributed by atoms with E-state index in [1.165, 1.54) is 0 Å². The van der Waals surface area contributed by atoms with Crippen molar-refractivity contribution in [2.24, 2.45) is 0 Å². The Bertz CT molecular complexity index is 1270. The zero-order chi connectivity index (χ0) is 24.6. The number of hydrogen-bond acceptors (Lipinski definition) is 3. The first-order valence-electron chi connectivity index (χ1n) is 11.1. The molecule has 0 aliphatic rings. The third kappa shape index (κ3) is 6.71. The molecule has 0 bridgehead atoms. The summed E-state index contributed by atoms with van der Waals surface area (Å²) in [7, 11) is 0. The molecule has 2 N–H and O–H groups in total. The monoisotopic (exact) mass is 485 g/mol. The van der Waals surface area contributed by atoms with Gasteiger partial charge in [0.1, 0.15) is 18.4 Å². The Labute approximate surface area is 209 Å². The molecular weight excluding hydrogens is 462 g/mol. The van der Waals surface area contributed by atoms with Gasteiger partial charge in [0, 0.05) is 17.0 Å². The molecule has 0 fully saturated rings. The molecule has 0 aromatic heterocycles. The third-order valence-corrected chi connectivity index (χ3v) is 5.79. The van der Waals surface area contributed by atoms with E-state index < -0.39 is 17.9 Å². The number of rotatable bonds is 9. The fourth-order valence-electron chi connectivity index (χ4n) is 3.60. The quantitative estimate of drug-likeness (QED) is 0.304. The van der Waals surface area contributed by atoms with E-state index in [4.69, 9.17) is 16.3 Å². The smallest absolute Gasteiger partial charge is 0.326 e. The number of carbonyl (C=O) groups is 2. The van der Waals surface area contributed by atoms with Crippen LogP contribution in [0.2, 0.25) is 5.02 Å². The minimum Gasteiger partial charge on any atom is -0.489 e. The van der Waals surface area contributed by atoms with E-state index in [0.29, 0.717) is 17.2 Å². The summed E-state index contributed by atoms with van der Waals surface area (Å²) < 4.78 is 5.83. The molecule has 176 valence electrons. The van der Waals surface area contributed by atoms with Crippen molar-refractivity contribution in [2.75, 3.05) is 0 Å². The van der Waals surface area contributed by atoms with Crippen molar-refractivity contribution in [1.29, 1.82) is 0 Å². The van der Waals surface area contributed by atoms with Gasteiger partial charge in [0.2, 0.25) is 0 Å². The molecule has 4 aromatic carbocycles. The summed E-state index contributed by atoms with van der Waals surface area (Å²) in [5.41, 5.74) is 4.18. The number of carboxylic acid groups (broad SMARTS) is 1. The van der Waals surface area contributed by atoms with Crippen LogP contribution in [0.3, 0.4) is 0 Å². The van der Waals surface area contributed by atoms with Crippen LogP contribution in [0.4, 0.5) is 0 Å². The van der Waals surface area contributed by atoms with Crippen molar-refractivity contribution < 1.29 is 19.4 Å². The largest absolute Gasteiger partial charge is 0.489 e. The standard InChI is InChI=1S/C29H24ClNO4/c30-25-14-6-21(7-15-25)19-35-26-16-12-23(13-17-26)22-8-10-24(11-9-22)28(32)31-27(29(33)34)18-20-4-2-1-3-5-20/h1-17,27H,18-19H2,(H,31,32)(H,33,34). The van der Waals surface area contributed by atoms with Gasteiger partial charge >= 0.3 is 5.97 Å². The highest BCUT2D eigenvalue weighted by Crippen LogP contribution is 2.24. The van der Waals surface area contributed by atoms with E-state index in [-0.39, 0.29) is 6.42 Å². The van der Waals surface area contributed by atoms with Crippen molar-refractivity contribution in [3.63, 3.8) is 0 Å². The van der Waals surface area contributed by atoms with E-state index in [9.17, 15) is 14.7 Å². The zero-order valence-electron chi connectivity index (χ0n) is 18.9. The van der Waals surface area contributed by atoms with E-state index in [2.05, 4.69) is 5.32 Å². The van der Waals surface area contributed by atoms with Gasteiger partial charge in [0.15, 0.2) is 0 Å². The molecule has 0 heterocycles. The lowest BCUT2D eigenvalue weighted by atomic mass is 10.0. The lowest BCUT2D eigenvalue weighted by Gasteiger charge is -2.15. The molecule has 35 heavy (non-hydrogen) atoms. The van der Waals surface area contributed by atoms with E-state index in [1.54, 1.807) is 12.1 Å². The summed E-state index contributed by atoms with van der Waals surface area (Å²) in [5.74, 6) is -0.749. The van der Waals surface area contributed by atoms with Crippen LogP contribution in [-0.4, -0.2) is 23.0 Å². The van der Waals surface area contributed by atoms with Crippen molar-refractivity contribution in [2.45, 2.75) is 19.1 Å². The van der Waals surface area contributed by atoms with Crippen LogP contribution in [0.25, 0.3) is 11.1 Å². The molecule has 0 aliphatic carbocycles. The van der Waals surface area contributed by atoms with Gasteiger partial charge in [-0.05, 0) is 58.7 Å². The lowest BCUT2D eigenvalue weighted by Crippen LogP contribution is -2.42. The molecule has 4 aromatic rings. The Morgan fingerprint density at radius 1 is 0.771 bits per heavy atom. The first kappa shape index (κ1) is 24.0. The van der Waals surface area contributed by atoms with Gasteiger partial charge in [0.25, 0.3) is 5.91 Å². The molecule has 6 heteroatoms. The van der Waals surface area contributed by atoms with Crippen LogP contribution in [0.5, 0.6) is 5.75 Å². The molecule has 0 saturated heterocycles. The summed E-state index contributed by atoms with van der Waals surface area (Å²) >= 11 is 5.91. The fourth-order valence-corrected chi connectivity index (χ4v) is 3.72. The van der Waals surface area contributed by atoms with Crippen LogP contribution in [0.15, 0.2) is 103 Å². The number of halogens is 1. The molecule has 5 nitrogen and oxygen atoms in total. The highest BCUT2D eigenvalue weighted by molar-refractivity contribution is 6.30. The number of nitrogens with one attached hydrogen (secondary N) is 1. The second-order valence-electron chi connectivity index (χ2n) is 8.07. The number of carbonyl (C=O) groups excluding carboxylic acids is 1. The topological polar surface area (TPSA) is 75.6 Å². The molecule has 1 atom stereocenters. The lowest BCUT2D eigenvalue weighted by molar-refractivity contribution is -0.139. The molecule has 0 aliphatic heterocycles. The molecule has 0 radical (unpaired) electrons. The molecule has 1 amide bonds. The Morgan fingerprint density at radius 2 is 1.37 bits per heavy atom. The van der Waals surface area contributed by atoms with Crippen LogP contribution in [0, 0.1) is 0 Å². The van der Waals surface area contributed by atoms with Gasteiger partial charge in [-0.25, -0.2) is 4.79 Å².